The summed E-state index contributed by atoms with van der Waals surface area (Å²) in [4.78, 5) is 36.0. The summed E-state index contributed by atoms with van der Waals surface area (Å²) < 4.78 is 48.9. The number of ether oxygens (including phenoxy) is 3. The molecule has 1 fully saturated rings. The number of phenolic OH excluding ortho intramolecular Hbond substituents is 2. The first-order valence-electron chi connectivity index (χ1n) is 13.7. The lowest BCUT2D eigenvalue weighted by atomic mass is 9.71. The van der Waals surface area contributed by atoms with Crippen molar-refractivity contribution in [3.05, 3.63) is 51.6 Å². The second-order valence-corrected chi connectivity index (χ2v) is 11.1. The van der Waals surface area contributed by atoms with Gasteiger partial charge in [-0.05, 0) is 19.9 Å². The number of rotatable bonds is 4. The number of halogens is 3. The zero-order chi connectivity index (χ0) is 33.8. The number of carboxylic acids is 1. The number of benzene rings is 2. The van der Waals surface area contributed by atoms with Crippen LogP contribution in [-0.2, 0) is 20.7 Å². The Hall–Kier alpha value is -3.80. The van der Waals surface area contributed by atoms with Gasteiger partial charge in [0.15, 0.2) is 12.1 Å². The molecule has 3 aliphatic rings. The molecule has 45 heavy (non-hydrogen) atoms. The van der Waals surface area contributed by atoms with Gasteiger partial charge < -0.3 is 50.6 Å². The zero-order valence-electron chi connectivity index (χ0n) is 24.2. The molecule has 4 unspecified atom stereocenters. The normalized spacial score (nSPS) is 28.2. The molecule has 8 N–H and O–H groups in total. The Bertz CT molecular complexity index is 1520. The minimum Gasteiger partial charge on any atom is -0.507 e. The van der Waals surface area contributed by atoms with Crippen LogP contribution >= 0.6 is 0 Å². The topological polar surface area (TPSA) is 226 Å². The maximum atomic E-state index is 13.6. The molecule has 1 aliphatic heterocycles. The summed E-state index contributed by atoms with van der Waals surface area (Å²) in [5.41, 5.74) is 3.37. The minimum absolute atomic E-state index is 0.00187. The van der Waals surface area contributed by atoms with Crippen LogP contribution in [0.3, 0.4) is 0 Å². The van der Waals surface area contributed by atoms with Crippen molar-refractivity contribution in [1.29, 1.82) is 0 Å². The highest BCUT2D eigenvalue weighted by molar-refractivity contribution is 6.31. The van der Waals surface area contributed by atoms with Crippen LogP contribution in [0.25, 0.3) is 0 Å². The first-order chi connectivity index (χ1) is 20.8. The molecule has 2 aliphatic carbocycles. The molecule has 0 aromatic heterocycles. The number of carbonyl (C=O) groups is 3. The quantitative estimate of drug-likeness (QED) is 0.200. The molecule has 0 bridgehead atoms. The van der Waals surface area contributed by atoms with Crippen LogP contribution in [-0.4, -0.2) is 97.7 Å². The van der Waals surface area contributed by atoms with Gasteiger partial charge in [-0.3, -0.25) is 9.59 Å². The van der Waals surface area contributed by atoms with E-state index < -0.39 is 88.7 Å². The highest BCUT2D eigenvalue weighted by Gasteiger charge is 2.49. The van der Waals surface area contributed by atoms with E-state index in [1.807, 2.05) is 0 Å². The number of hydrogen-bond acceptors (Lipinski definition) is 12. The number of nitrogens with two attached hydrogens (primary N) is 1. The summed E-state index contributed by atoms with van der Waals surface area (Å²) in [6, 6.07) is 3.80. The zero-order valence-corrected chi connectivity index (χ0v) is 24.2. The third-order valence-corrected chi connectivity index (χ3v) is 8.19. The fourth-order valence-electron chi connectivity index (χ4n) is 5.74. The standard InChI is InChI=1S/C27H31NO10.C2HF3O2/c1-10-22(30)14(28)7-17(37-10)38-16-9-27(35,11(2)29)8-13-19(16)26(34)21-20(24(13)32)23(31)12-5-4-6-15(36-3)18(12)25(21)33;3-2(4,5)1(6)7/h4-6,10-11,14,16-17,22,29-30,32,34-35H,7-9,28H2,1-3H3;(H,6,7)/t10?,11-,14?,16-,17?,22?,27-;/m0./s1. The van der Waals surface area contributed by atoms with E-state index in [0.29, 0.717) is 0 Å². The predicted molar refractivity (Wildman–Crippen MR) is 145 cm³/mol. The molecule has 13 nitrogen and oxygen atoms in total. The molecule has 0 spiro atoms. The number of ketones is 2. The highest BCUT2D eigenvalue weighted by Crippen LogP contribution is 2.52. The molecule has 1 heterocycles. The second-order valence-electron chi connectivity index (χ2n) is 11.1. The summed E-state index contributed by atoms with van der Waals surface area (Å²) >= 11 is 0. The molecule has 0 radical (unpaired) electrons. The molecule has 16 heteroatoms. The molecule has 0 saturated carbocycles. The number of aliphatic hydroxyl groups excluding tert-OH is 2. The van der Waals surface area contributed by atoms with Gasteiger partial charge >= 0.3 is 12.1 Å². The fraction of sp³-hybridized carbons (Fsp3) is 0.483. The van der Waals surface area contributed by atoms with Crippen molar-refractivity contribution < 1.29 is 72.4 Å². The smallest absolute Gasteiger partial charge is 0.490 e. The number of carbonyl (C=O) groups excluding carboxylic acids is 2. The van der Waals surface area contributed by atoms with Crippen molar-refractivity contribution in [2.24, 2.45) is 5.73 Å². The Labute approximate surface area is 253 Å². The Balaban J connectivity index is 0.000000591. The number of methoxy groups -OCH3 is 1. The average Bonchev–Trinajstić information content (AvgIpc) is 2.95. The van der Waals surface area contributed by atoms with Crippen LogP contribution in [0.4, 0.5) is 13.2 Å². The number of aromatic hydroxyl groups is 2. The van der Waals surface area contributed by atoms with Gasteiger partial charge in [-0.15, -0.1) is 0 Å². The number of alkyl halides is 3. The highest BCUT2D eigenvalue weighted by atomic mass is 19.4. The second kappa shape index (κ2) is 12.2. The first-order valence-corrected chi connectivity index (χ1v) is 13.7. The molecule has 2 aromatic carbocycles. The van der Waals surface area contributed by atoms with E-state index in [2.05, 4.69) is 0 Å². The Morgan fingerprint density at radius 1 is 1.13 bits per heavy atom. The molecular weight excluding hydrogens is 611 g/mol. The summed E-state index contributed by atoms with van der Waals surface area (Å²) in [5, 5.41) is 61.8. The van der Waals surface area contributed by atoms with Gasteiger partial charge in [0, 0.05) is 42.0 Å². The number of aliphatic carboxylic acids is 1. The third kappa shape index (κ3) is 6.08. The number of hydrogen-bond donors (Lipinski definition) is 7. The Morgan fingerprint density at radius 2 is 1.73 bits per heavy atom. The van der Waals surface area contributed by atoms with Crippen molar-refractivity contribution in [2.45, 2.75) is 81.6 Å². The van der Waals surface area contributed by atoms with Crippen molar-refractivity contribution >= 4 is 17.5 Å². The first kappa shape index (κ1) is 34.1. The average molecular weight is 644 g/mol. The van der Waals surface area contributed by atoms with E-state index in [-0.39, 0.29) is 47.3 Å². The van der Waals surface area contributed by atoms with E-state index in [4.69, 9.17) is 29.8 Å². The number of fused-ring (bicyclic) bond motifs is 3. The van der Waals surface area contributed by atoms with Crippen molar-refractivity contribution in [1.82, 2.24) is 0 Å². The molecular formula is C29H32F3NO12. The van der Waals surface area contributed by atoms with Crippen molar-refractivity contribution in [3.8, 4) is 17.2 Å². The molecule has 246 valence electrons. The lowest BCUT2D eigenvalue weighted by Gasteiger charge is -2.43. The Morgan fingerprint density at radius 3 is 2.27 bits per heavy atom. The number of phenols is 2. The van der Waals surface area contributed by atoms with Gasteiger partial charge in [-0.25, -0.2) is 4.79 Å². The lowest BCUT2D eigenvalue weighted by molar-refractivity contribution is -0.250. The van der Waals surface area contributed by atoms with Crippen LogP contribution in [0.15, 0.2) is 18.2 Å². The minimum atomic E-state index is -5.08. The van der Waals surface area contributed by atoms with Crippen LogP contribution in [0.5, 0.6) is 17.2 Å². The third-order valence-electron chi connectivity index (χ3n) is 8.19. The van der Waals surface area contributed by atoms with E-state index in [9.17, 15) is 48.3 Å². The van der Waals surface area contributed by atoms with Crippen LogP contribution < -0.4 is 10.5 Å². The van der Waals surface area contributed by atoms with Gasteiger partial charge in [0.1, 0.15) is 17.2 Å². The molecule has 1 saturated heterocycles. The molecule has 2 aromatic rings. The van der Waals surface area contributed by atoms with E-state index >= 15 is 0 Å². The van der Waals surface area contributed by atoms with E-state index in [1.54, 1.807) is 6.92 Å². The number of carboxylic acid groups (broad SMARTS) is 1. The Kier molecular flexibility index (Phi) is 9.23. The van der Waals surface area contributed by atoms with Crippen LogP contribution in [0, 0.1) is 0 Å². The molecule has 5 rings (SSSR count). The van der Waals surface area contributed by atoms with Crippen molar-refractivity contribution in [2.75, 3.05) is 7.11 Å². The van der Waals surface area contributed by atoms with Crippen LogP contribution in [0.1, 0.15) is 75.8 Å². The fourth-order valence-corrected chi connectivity index (χ4v) is 5.74. The number of aliphatic hydroxyl groups is 3. The van der Waals surface area contributed by atoms with E-state index in [0.717, 1.165) is 0 Å². The van der Waals surface area contributed by atoms with Crippen LogP contribution in [0.2, 0.25) is 0 Å². The largest absolute Gasteiger partial charge is 0.507 e. The van der Waals surface area contributed by atoms with E-state index in [1.165, 1.54) is 32.2 Å². The van der Waals surface area contributed by atoms with Gasteiger partial charge in [0.25, 0.3) is 0 Å². The summed E-state index contributed by atoms with van der Waals surface area (Å²) in [7, 11) is 1.35. The predicted octanol–water partition coefficient (Wildman–Crippen LogP) is 1.45. The molecule has 0 amide bonds. The SMILES string of the molecule is COc1cccc2c1C(=O)c1c(O)c3c(c(O)c1C2=O)C[C@@](O)([C@H](C)O)C[C@@H]3OC1CC(N)C(O)C(C)O1.O=C(O)C(F)(F)F. The maximum Gasteiger partial charge on any atom is 0.490 e. The van der Waals surface area contributed by atoms with Gasteiger partial charge in [0.05, 0.1) is 53.8 Å². The van der Waals surface area contributed by atoms with Gasteiger partial charge in [-0.2, -0.15) is 13.2 Å². The summed E-state index contributed by atoms with van der Waals surface area (Å²) in [6.45, 7) is 3.00. The molecule has 7 atom stereocenters. The van der Waals surface area contributed by atoms with Crippen molar-refractivity contribution in [3.63, 3.8) is 0 Å². The lowest BCUT2D eigenvalue weighted by Crippen LogP contribution is -2.53. The van der Waals surface area contributed by atoms with Gasteiger partial charge in [-0.1, -0.05) is 12.1 Å². The van der Waals surface area contributed by atoms with Gasteiger partial charge in [0.2, 0.25) is 5.78 Å². The summed E-state index contributed by atoms with van der Waals surface area (Å²) in [5.74, 6) is -5.20. The monoisotopic (exact) mass is 643 g/mol. The summed E-state index contributed by atoms with van der Waals surface area (Å²) in [6.07, 6.45) is -10.6. The maximum absolute atomic E-state index is 13.6.